The SMILES string of the molecule is CCCN(CC(=O)N1CCc2sccc2[C@@H]1COc1cccc(C)c1)C[C@@H](O)COC(C)(C)C. The second-order valence-corrected chi connectivity index (χ2v) is 11.1. The molecule has 1 aliphatic rings. The lowest BCUT2D eigenvalue weighted by Crippen LogP contribution is -2.48. The number of hydrogen-bond donors (Lipinski definition) is 1. The van der Waals surface area contributed by atoms with Crippen LogP contribution in [-0.4, -0.2) is 71.9 Å². The third-order valence-electron chi connectivity index (χ3n) is 5.89. The van der Waals surface area contributed by atoms with Gasteiger partial charge in [0.25, 0.3) is 0 Å². The minimum absolute atomic E-state index is 0.0760. The summed E-state index contributed by atoms with van der Waals surface area (Å²) in [7, 11) is 0. The Hall–Kier alpha value is -1.93. The van der Waals surface area contributed by atoms with Crippen molar-refractivity contribution in [1.82, 2.24) is 9.80 Å². The van der Waals surface area contributed by atoms with E-state index in [4.69, 9.17) is 9.47 Å². The van der Waals surface area contributed by atoms with Gasteiger partial charge in [-0.05, 0) is 81.8 Å². The molecule has 2 aromatic rings. The van der Waals surface area contributed by atoms with Crippen LogP contribution in [0.15, 0.2) is 35.7 Å². The Kier molecular flexibility index (Phi) is 9.54. The molecule has 0 bridgehead atoms. The van der Waals surface area contributed by atoms with E-state index >= 15 is 0 Å². The van der Waals surface area contributed by atoms with Gasteiger partial charge >= 0.3 is 0 Å². The lowest BCUT2D eigenvalue weighted by atomic mass is 10.0. The fourth-order valence-electron chi connectivity index (χ4n) is 4.29. The van der Waals surface area contributed by atoms with Crippen molar-refractivity contribution >= 4 is 17.2 Å². The van der Waals surface area contributed by atoms with Gasteiger partial charge in [0.05, 0.1) is 30.9 Å². The molecule has 1 N–H and O–H groups in total. The van der Waals surface area contributed by atoms with E-state index in [0.29, 0.717) is 19.7 Å². The first-order valence-electron chi connectivity index (χ1n) is 12.3. The molecule has 1 amide bonds. The van der Waals surface area contributed by atoms with Crippen LogP contribution in [0.4, 0.5) is 0 Å². The molecule has 7 heteroatoms. The smallest absolute Gasteiger partial charge is 0.237 e. The predicted molar refractivity (Wildman–Crippen MR) is 138 cm³/mol. The maximum Gasteiger partial charge on any atom is 0.237 e. The number of ether oxygens (including phenoxy) is 2. The molecule has 0 spiro atoms. The maximum atomic E-state index is 13.5. The van der Waals surface area contributed by atoms with Gasteiger partial charge in [0, 0.05) is 18.0 Å². The summed E-state index contributed by atoms with van der Waals surface area (Å²) in [5, 5.41) is 12.6. The van der Waals surface area contributed by atoms with Gasteiger partial charge in [0.2, 0.25) is 5.91 Å². The van der Waals surface area contributed by atoms with Crippen molar-refractivity contribution in [3.8, 4) is 5.75 Å². The molecule has 1 aliphatic heterocycles. The van der Waals surface area contributed by atoms with Gasteiger partial charge in [-0.1, -0.05) is 19.1 Å². The molecule has 2 atom stereocenters. The van der Waals surface area contributed by atoms with Gasteiger partial charge in [-0.15, -0.1) is 11.3 Å². The summed E-state index contributed by atoms with van der Waals surface area (Å²) in [5.41, 5.74) is 2.04. The third kappa shape index (κ3) is 7.80. The molecule has 6 nitrogen and oxygen atoms in total. The quantitative estimate of drug-likeness (QED) is 0.506. The number of benzene rings is 1. The van der Waals surface area contributed by atoms with Crippen LogP contribution in [0.2, 0.25) is 0 Å². The van der Waals surface area contributed by atoms with Crippen LogP contribution in [0.3, 0.4) is 0 Å². The molecule has 0 aliphatic carbocycles. The standard InChI is InChI=1S/C27H40N2O4S/c1-6-12-28(16-21(30)18-33-27(3,4)5)17-26(31)29-13-10-25-23(11-14-34-25)24(29)19-32-22-9-7-8-20(2)15-22/h7-9,11,14-15,21,24,30H,6,10,12-13,16-19H2,1-5H3/t21-,24+/m1/s1. The molecule has 0 fully saturated rings. The molecule has 2 heterocycles. The van der Waals surface area contributed by atoms with Gasteiger partial charge in [0.1, 0.15) is 12.4 Å². The van der Waals surface area contributed by atoms with Crippen molar-refractivity contribution in [1.29, 1.82) is 0 Å². The highest BCUT2D eigenvalue weighted by Crippen LogP contribution is 2.34. The summed E-state index contributed by atoms with van der Waals surface area (Å²) in [4.78, 5) is 18.9. The Morgan fingerprint density at radius 1 is 1.32 bits per heavy atom. The highest BCUT2D eigenvalue weighted by atomic mass is 32.1. The van der Waals surface area contributed by atoms with E-state index in [1.54, 1.807) is 11.3 Å². The predicted octanol–water partition coefficient (Wildman–Crippen LogP) is 4.45. The molecule has 1 aromatic heterocycles. The van der Waals surface area contributed by atoms with Crippen LogP contribution < -0.4 is 4.74 Å². The number of amides is 1. The minimum Gasteiger partial charge on any atom is -0.491 e. The summed E-state index contributed by atoms with van der Waals surface area (Å²) in [6.07, 6.45) is 1.15. The van der Waals surface area contributed by atoms with Crippen molar-refractivity contribution in [2.24, 2.45) is 0 Å². The zero-order chi connectivity index (χ0) is 24.7. The number of fused-ring (bicyclic) bond motifs is 1. The monoisotopic (exact) mass is 488 g/mol. The molecule has 0 saturated heterocycles. The summed E-state index contributed by atoms with van der Waals surface area (Å²) in [6, 6.07) is 10.0. The molecule has 3 rings (SSSR count). The summed E-state index contributed by atoms with van der Waals surface area (Å²) in [5.74, 6) is 0.899. The fourth-order valence-corrected chi connectivity index (χ4v) is 5.21. The number of carbonyl (C=O) groups is 1. The van der Waals surface area contributed by atoms with E-state index in [1.165, 1.54) is 10.4 Å². The van der Waals surface area contributed by atoms with Crippen molar-refractivity contribution in [3.05, 3.63) is 51.7 Å². The zero-order valence-electron chi connectivity index (χ0n) is 21.3. The molecule has 0 saturated carbocycles. The van der Waals surface area contributed by atoms with E-state index in [0.717, 1.165) is 30.7 Å². The minimum atomic E-state index is -0.635. The summed E-state index contributed by atoms with van der Waals surface area (Å²) < 4.78 is 11.9. The highest BCUT2D eigenvalue weighted by molar-refractivity contribution is 7.10. The number of aryl methyl sites for hydroxylation is 1. The van der Waals surface area contributed by atoms with Crippen LogP contribution in [0.5, 0.6) is 5.75 Å². The largest absolute Gasteiger partial charge is 0.491 e. The van der Waals surface area contributed by atoms with Crippen LogP contribution in [0.1, 0.15) is 56.2 Å². The first kappa shape index (κ1) is 26.7. The Labute approximate surface area is 208 Å². The van der Waals surface area contributed by atoms with Crippen LogP contribution >= 0.6 is 11.3 Å². The number of carbonyl (C=O) groups excluding carboxylic acids is 1. The Balaban J connectivity index is 1.67. The lowest BCUT2D eigenvalue weighted by Gasteiger charge is -2.37. The van der Waals surface area contributed by atoms with Gasteiger partial charge < -0.3 is 19.5 Å². The third-order valence-corrected chi connectivity index (χ3v) is 6.89. The molecule has 34 heavy (non-hydrogen) atoms. The number of hydrogen-bond acceptors (Lipinski definition) is 6. The number of aliphatic hydroxyl groups excluding tert-OH is 1. The Morgan fingerprint density at radius 3 is 2.82 bits per heavy atom. The van der Waals surface area contributed by atoms with Gasteiger partial charge in [0.15, 0.2) is 0 Å². The summed E-state index contributed by atoms with van der Waals surface area (Å²) in [6.45, 7) is 12.9. The van der Waals surface area contributed by atoms with E-state index < -0.39 is 6.10 Å². The van der Waals surface area contributed by atoms with Gasteiger partial charge in [-0.25, -0.2) is 0 Å². The maximum absolute atomic E-state index is 13.5. The Bertz CT molecular complexity index is 923. The molecule has 188 valence electrons. The van der Waals surface area contributed by atoms with E-state index in [1.807, 2.05) is 61.8 Å². The average molecular weight is 489 g/mol. The van der Waals surface area contributed by atoms with Crippen molar-refractivity contribution in [3.63, 3.8) is 0 Å². The van der Waals surface area contributed by atoms with E-state index in [2.05, 4.69) is 18.4 Å². The van der Waals surface area contributed by atoms with Crippen molar-refractivity contribution in [2.45, 2.75) is 65.2 Å². The van der Waals surface area contributed by atoms with E-state index in [9.17, 15) is 9.90 Å². The molecular formula is C27H40N2O4S. The molecule has 0 radical (unpaired) electrons. The molecule has 0 unspecified atom stereocenters. The van der Waals surface area contributed by atoms with E-state index in [-0.39, 0.29) is 30.7 Å². The lowest BCUT2D eigenvalue weighted by molar-refractivity contribution is -0.136. The second-order valence-electron chi connectivity index (χ2n) is 10.1. The van der Waals surface area contributed by atoms with Crippen LogP contribution in [-0.2, 0) is 16.0 Å². The first-order chi connectivity index (χ1) is 16.2. The highest BCUT2D eigenvalue weighted by Gasteiger charge is 2.33. The first-order valence-corrected chi connectivity index (χ1v) is 13.1. The van der Waals surface area contributed by atoms with Gasteiger partial charge in [-0.2, -0.15) is 0 Å². The number of thiophene rings is 1. The topological polar surface area (TPSA) is 62.2 Å². The number of nitrogens with zero attached hydrogens (tertiary/aromatic N) is 2. The number of rotatable bonds is 11. The van der Waals surface area contributed by atoms with Crippen LogP contribution in [0.25, 0.3) is 0 Å². The van der Waals surface area contributed by atoms with Crippen molar-refractivity contribution in [2.75, 3.05) is 39.4 Å². The van der Waals surface area contributed by atoms with Gasteiger partial charge in [-0.3, -0.25) is 9.69 Å². The zero-order valence-corrected chi connectivity index (χ0v) is 22.1. The Morgan fingerprint density at radius 2 is 2.12 bits per heavy atom. The number of aliphatic hydroxyl groups is 1. The molecule has 1 aromatic carbocycles. The van der Waals surface area contributed by atoms with Crippen molar-refractivity contribution < 1.29 is 19.4 Å². The van der Waals surface area contributed by atoms with Crippen LogP contribution in [0, 0.1) is 6.92 Å². The average Bonchev–Trinajstić information content (AvgIpc) is 3.25. The normalized spacial score (nSPS) is 17.0. The second kappa shape index (κ2) is 12.2. The summed E-state index contributed by atoms with van der Waals surface area (Å²) >= 11 is 1.75. The fraction of sp³-hybridized carbons (Fsp3) is 0.593. The molecular weight excluding hydrogens is 448 g/mol.